The fourth-order valence-electron chi connectivity index (χ4n) is 2.69. The highest BCUT2D eigenvalue weighted by Gasteiger charge is 2.30. The van der Waals surface area contributed by atoms with E-state index >= 15 is 0 Å². The maximum absolute atomic E-state index is 12.5. The summed E-state index contributed by atoms with van der Waals surface area (Å²) in [5.41, 5.74) is 0.547. The normalized spacial score (nSPS) is 14.6. The number of amides is 1. The largest absolute Gasteiger partial charge is 0.448 e. The van der Waals surface area contributed by atoms with Crippen LogP contribution in [0.2, 0.25) is 0 Å². The summed E-state index contributed by atoms with van der Waals surface area (Å²) in [7, 11) is 0. The molecule has 0 bridgehead atoms. The molecule has 26 heavy (non-hydrogen) atoms. The number of fused-ring (bicyclic) bond motifs is 1. The van der Waals surface area contributed by atoms with Gasteiger partial charge in [-0.1, -0.05) is 0 Å². The lowest BCUT2D eigenvalue weighted by atomic mass is 10.2. The third-order valence-electron chi connectivity index (χ3n) is 4.08. The predicted octanol–water partition coefficient (Wildman–Crippen LogP) is 4.44. The van der Waals surface area contributed by atoms with E-state index in [4.69, 9.17) is 4.74 Å². The minimum atomic E-state index is -4.44. The van der Waals surface area contributed by atoms with Gasteiger partial charge in [-0.15, -0.1) is 11.3 Å². The molecule has 1 aliphatic rings. The highest BCUT2D eigenvalue weighted by molar-refractivity contribution is 7.14. The van der Waals surface area contributed by atoms with E-state index in [0.717, 1.165) is 49.1 Å². The number of halogens is 3. The summed E-state index contributed by atoms with van der Waals surface area (Å²) < 4.78 is 42.8. The van der Waals surface area contributed by atoms with E-state index in [0.29, 0.717) is 4.88 Å². The molecule has 2 aromatic rings. The number of anilines is 1. The summed E-state index contributed by atoms with van der Waals surface area (Å²) in [6.07, 6.45) is -2.52. The van der Waals surface area contributed by atoms with Gasteiger partial charge in [0.1, 0.15) is 4.88 Å². The van der Waals surface area contributed by atoms with Crippen LogP contribution in [0.25, 0.3) is 0 Å². The first kappa shape index (κ1) is 18.4. The number of alkyl halides is 3. The van der Waals surface area contributed by atoms with E-state index in [1.165, 1.54) is 23.1 Å². The highest BCUT2D eigenvalue weighted by atomic mass is 32.1. The number of hydrogen-bond donors (Lipinski definition) is 1. The SMILES string of the molecule is C[C@H](OC(=O)c1cc2c(s1)CCC2)C(=O)Nc1ccc(C(F)(F)F)cc1. The van der Waals surface area contributed by atoms with Crippen molar-refractivity contribution in [3.8, 4) is 0 Å². The molecule has 1 amide bonds. The summed E-state index contributed by atoms with van der Waals surface area (Å²) in [6.45, 7) is 1.42. The number of esters is 1. The number of thiophene rings is 1. The second-order valence-electron chi connectivity index (χ2n) is 6.02. The molecule has 8 heteroatoms. The van der Waals surface area contributed by atoms with Crippen molar-refractivity contribution in [3.63, 3.8) is 0 Å². The zero-order valence-electron chi connectivity index (χ0n) is 13.9. The zero-order valence-corrected chi connectivity index (χ0v) is 14.7. The smallest absolute Gasteiger partial charge is 0.416 e. The standard InChI is InChI=1S/C18H16F3NO3S/c1-10(25-17(24)15-9-11-3-2-4-14(11)26-15)16(23)22-13-7-5-12(6-8-13)18(19,20)21/h5-10H,2-4H2,1H3,(H,22,23)/t10-/m0/s1. The Kier molecular flexibility index (Phi) is 5.04. The molecule has 0 saturated heterocycles. The van der Waals surface area contributed by atoms with Crippen LogP contribution in [0.5, 0.6) is 0 Å². The minimum Gasteiger partial charge on any atom is -0.448 e. The first-order valence-corrected chi connectivity index (χ1v) is 8.86. The number of aryl methyl sites for hydroxylation is 2. The maximum Gasteiger partial charge on any atom is 0.416 e. The number of nitrogens with one attached hydrogen (secondary N) is 1. The van der Waals surface area contributed by atoms with Crippen molar-refractivity contribution in [1.82, 2.24) is 0 Å². The van der Waals surface area contributed by atoms with Gasteiger partial charge in [0.2, 0.25) is 0 Å². The van der Waals surface area contributed by atoms with Crippen LogP contribution in [0.3, 0.4) is 0 Å². The fraction of sp³-hybridized carbons (Fsp3) is 0.333. The Morgan fingerprint density at radius 1 is 1.19 bits per heavy atom. The first-order valence-electron chi connectivity index (χ1n) is 8.05. The van der Waals surface area contributed by atoms with Gasteiger partial charge in [0.25, 0.3) is 5.91 Å². The Labute approximate surface area is 152 Å². The van der Waals surface area contributed by atoms with Crippen molar-refractivity contribution in [2.75, 3.05) is 5.32 Å². The molecule has 1 atom stereocenters. The van der Waals surface area contributed by atoms with E-state index < -0.39 is 29.7 Å². The monoisotopic (exact) mass is 383 g/mol. The summed E-state index contributed by atoms with van der Waals surface area (Å²) in [6, 6.07) is 5.85. The van der Waals surface area contributed by atoms with E-state index in [1.54, 1.807) is 6.07 Å². The molecule has 4 nitrogen and oxygen atoms in total. The quantitative estimate of drug-likeness (QED) is 0.794. The van der Waals surface area contributed by atoms with Crippen LogP contribution in [0.4, 0.5) is 18.9 Å². The molecule has 1 aromatic heterocycles. The van der Waals surface area contributed by atoms with Crippen molar-refractivity contribution in [1.29, 1.82) is 0 Å². The molecular weight excluding hydrogens is 367 g/mol. The molecule has 0 saturated carbocycles. The van der Waals surface area contributed by atoms with E-state index in [9.17, 15) is 22.8 Å². The lowest BCUT2D eigenvalue weighted by Crippen LogP contribution is -2.29. The van der Waals surface area contributed by atoms with Crippen LogP contribution < -0.4 is 5.32 Å². The first-order chi connectivity index (χ1) is 12.2. The van der Waals surface area contributed by atoms with Gasteiger partial charge in [-0.2, -0.15) is 13.2 Å². The molecule has 0 unspecified atom stereocenters. The molecule has 0 spiro atoms. The Bertz CT molecular complexity index is 806. The Morgan fingerprint density at radius 2 is 1.88 bits per heavy atom. The topological polar surface area (TPSA) is 55.4 Å². The molecule has 0 radical (unpaired) electrons. The van der Waals surface area contributed by atoms with Crippen molar-refractivity contribution >= 4 is 28.9 Å². The van der Waals surface area contributed by atoms with Crippen molar-refractivity contribution < 1.29 is 27.5 Å². The molecule has 0 fully saturated rings. The van der Waals surface area contributed by atoms with E-state index in [-0.39, 0.29) is 5.69 Å². The van der Waals surface area contributed by atoms with Crippen molar-refractivity contribution in [2.24, 2.45) is 0 Å². The Hall–Kier alpha value is -2.35. The summed E-state index contributed by atoms with van der Waals surface area (Å²) in [4.78, 5) is 25.9. The molecule has 138 valence electrons. The molecular formula is C18H16F3NO3S. The number of carbonyl (C=O) groups is 2. The Morgan fingerprint density at radius 3 is 2.50 bits per heavy atom. The maximum atomic E-state index is 12.5. The second kappa shape index (κ2) is 7.11. The third-order valence-corrected chi connectivity index (χ3v) is 5.30. The predicted molar refractivity (Wildman–Crippen MR) is 91.3 cm³/mol. The van der Waals surface area contributed by atoms with Gasteiger partial charge in [0, 0.05) is 10.6 Å². The van der Waals surface area contributed by atoms with Gasteiger partial charge in [-0.25, -0.2) is 4.79 Å². The van der Waals surface area contributed by atoms with Crippen LogP contribution in [-0.4, -0.2) is 18.0 Å². The molecule has 1 N–H and O–H groups in total. The lowest BCUT2D eigenvalue weighted by molar-refractivity contribution is -0.137. The summed E-state index contributed by atoms with van der Waals surface area (Å²) >= 11 is 1.38. The number of benzene rings is 1. The number of hydrogen-bond acceptors (Lipinski definition) is 4. The molecule has 1 heterocycles. The van der Waals surface area contributed by atoms with Crippen LogP contribution >= 0.6 is 11.3 Å². The van der Waals surface area contributed by atoms with Gasteiger partial charge in [0.15, 0.2) is 6.10 Å². The summed E-state index contributed by atoms with van der Waals surface area (Å²) in [5, 5.41) is 2.44. The second-order valence-corrected chi connectivity index (χ2v) is 7.16. The number of ether oxygens (including phenoxy) is 1. The van der Waals surface area contributed by atoms with Crippen LogP contribution in [0.1, 0.15) is 39.0 Å². The summed E-state index contributed by atoms with van der Waals surface area (Å²) in [5.74, 6) is -1.18. The average Bonchev–Trinajstić information content (AvgIpc) is 3.16. The number of carbonyl (C=O) groups excluding carboxylic acids is 2. The lowest BCUT2D eigenvalue weighted by Gasteiger charge is -2.13. The van der Waals surface area contributed by atoms with Crippen molar-refractivity contribution in [3.05, 3.63) is 51.2 Å². The van der Waals surface area contributed by atoms with E-state index in [2.05, 4.69) is 5.32 Å². The fourth-order valence-corrected chi connectivity index (χ4v) is 3.82. The molecule has 0 aliphatic heterocycles. The molecule has 1 aliphatic carbocycles. The highest BCUT2D eigenvalue weighted by Crippen LogP contribution is 2.31. The van der Waals surface area contributed by atoms with Crippen LogP contribution in [-0.2, 0) is 28.5 Å². The average molecular weight is 383 g/mol. The van der Waals surface area contributed by atoms with Gasteiger partial charge in [-0.05, 0) is 62.1 Å². The van der Waals surface area contributed by atoms with Gasteiger partial charge >= 0.3 is 12.1 Å². The van der Waals surface area contributed by atoms with Crippen LogP contribution in [0.15, 0.2) is 30.3 Å². The Balaban J connectivity index is 1.58. The molecule has 1 aromatic carbocycles. The van der Waals surface area contributed by atoms with Gasteiger partial charge in [0.05, 0.1) is 5.56 Å². The zero-order chi connectivity index (χ0) is 18.9. The van der Waals surface area contributed by atoms with Crippen molar-refractivity contribution in [2.45, 2.75) is 38.5 Å². The minimum absolute atomic E-state index is 0.195. The van der Waals surface area contributed by atoms with Crippen LogP contribution in [0, 0.1) is 0 Å². The van der Waals surface area contributed by atoms with Gasteiger partial charge in [-0.3, -0.25) is 4.79 Å². The molecule has 3 rings (SSSR count). The van der Waals surface area contributed by atoms with Gasteiger partial charge < -0.3 is 10.1 Å². The third kappa shape index (κ3) is 4.07. The number of rotatable bonds is 4. The van der Waals surface area contributed by atoms with E-state index in [1.807, 2.05) is 0 Å².